The van der Waals surface area contributed by atoms with Gasteiger partial charge in [-0.3, -0.25) is 0 Å². The molecular formula is C20H44BrN. The van der Waals surface area contributed by atoms with Crippen molar-refractivity contribution < 1.29 is 22.7 Å². The quantitative estimate of drug-likeness (QED) is 0.377. The number of hydrogen-bond acceptors (Lipinski definition) is 0. The molecule has 0 saturated heterocycles. The summed E-state index contributed by atoms with van der Waals surface area (Å²) in [6, 6.07) is 0. The fourth-order valence-electron chi connectivity index (χ4n) is 3.03. The van der Waals surface area contributed by atoms with E-state index in [9.17, 15) is 0 Å². The van der Waals surface area contributed by atoms with Gasteiger partial charge in [-0.05, 0) is 18.8 Å². The fourth-order valence-corrected chi connectivity index (χ4v) is 3.03. The summed E-state index contributed by atoms with van der Waals surface area (Å²) >= 11 is 0. The van der Waals surface area contributed by atoms with Crippen molar-refractivity contribution in [1.29, 1.82) is 0 Å². The van der Waals surface area contributed by atoms with Gasteiger partial charge in [-0.2, -0.15) is 0 Å². The largest absolute Gasteiger partial charge is 1.00 e. The van der Waals surface area contributed by atoms with Crippen LogP contribution in [0.4, 0.5) is 0 Å². The van der Waals surface area contributed by atoms with Gasteiger partial charge in [0.1, 0.15) is 0 Å². The van der Waals surface area contributed by atoms with Crippen LogP contribution in [-0.4, -0.2) is 6.54 Å². The zero-order valence-electron chi connectivity index (χ0n) is 15.7. The summed E-state index contributed by atoms with van der Waals surface area (Å²) in [5.74, 6) is 0.897. The Hall–Kier alpha value is 0.440. The second-order valence-electron chi connectivity index (χ2n) is 7.34. The van der Waals surface area contributed by atoms with Crippen LogP contribution in [0.5, 0.6) is 0 Å². The Bertz CT molecular complexity index is 183. The molecule has 0 aromatic heterocycles. The average molecular weight is 378 g/mol. The molecule has 136 valence electrons. The first-order chi connectivity index (χ1) is 10.3. The van der Waals surface area contributed by atoms with Crippen LogP contribution in [0.25, 0.3) is 0 Å². The monoisotopic (exact) mass is 377 g/mol. The van der Waals surface area contributed by atoms with Gasteiger partial charge >= 0.3 is 0 Å². The average Bonchev–Trinajstić information content (AvgIpc) is 2.46. The van der Waals surface area contributed by atoms with E-state index in [4.69, 9.17) is 0 Å². The number of halogens is 1. The minimum absolute atomic E-state index is 0. The van der Waals surface area contributed by atoms with Crippen molar-refractivity contribution in [3.63, 3.8) is 0 Å². The van der Waals surface area contributed by atoms with Crippen molar-refractivity contribution >= 4 is 0 Å². The van der Waals surface area contributed by atoms with Gasteiger partial charge in [-0.25, -0.2) is 0 Å². The topological polar surface area (TPSA) is 27.6 Å². The molecular weight excluding hydrogens is 334 g/mol. The lowest BCUT2D eigenvalue weighted by atomic mass is 10.0. The Balaban J connectivity index is 0. The van der Waals surface area contributed by atoms with E-state index in [-0.39, 0.29) is 17.0 Å². The normalized spacial score (nSPS) is 10.9. The molecule has 0 aliphatic carbocycles. The highest BCUT2D eigenvalue weighted by Crippen LogP contribution is 2.14. The molecule has 0 atom stereocenters. The van der Waals surface area contributed by atoms with Crippen molar-refractivity contribution in [1.82, 2.24) is 0 Å². The summed E-state index contributed by atoms with van der Waals surface area (Å²) in [4.78, 5) is 0. The van der Waals surface area contributed by atoms with E-state index >= 15 is 0 Å². The summed E-state index contributed by atoms with van der Waals surface area (Å²) in [5, 5.41) is 0. The molecule has 0 unspecified atom stereocenters. The Morgan fingerprint density at radius 2 is 0.773 bits per heavy atom. The third kappa shape index (κ3) is 22.7. The highest BCUT2D eigenvalue weighted by atomic mass is 79.9. The maximum atomic E-state index is 3.90. The lowest BCUT2D eigenvalue weighted by Crippen LogP contribution is -3.00. The lowest BCUT2D eigenvalue weighted by molar-refractivity contribution is -0.368. The Morgan fingerprint density at radius 1 is 0.500 bits per heavy atom. The molecule has 1 nitrogen and oxygen atoms in total. The molecule has 0 amide bonds. The molecule has 0 aliphatic heterocycles. The molecule has 0 heterocycles. The lowest BCUT2D eigenvalue weighted by Gasteiger charge is -2.05. The first-order valence-corrected chi connectivity index (χ1v) is 10.1. The van der Waals surface area contributed by atoms with Crippen LogP contribution in [0.1, 0.15) is 117 Å². The third-order valence-corrected chi connectivity index (χ3v) is 4.53. The molecule has 2 heteroatoms. The van der Waals surface area contributed by atoms with Gasteiger partial charge in [0.2, 0.25) is 0 Å². The second kappa shape index (κ2) is 21.4. The molecule has 0 radical (unpaired) electrons. The molecule has 0 saturated carbocycles. The summed E-state index contributed by atoms with van der Waals surface area (Å²) in [5.41, 5.74) is 3.90. The standard InChI is InChI=1S/C20H43N.BrH/c1-20(2)18-16-14-12-10-8-6-4-3-5-7-9-11-13-15-17-19-21;/h20H,3-19,21H2,1-2H3;1H. The zero-order valence-corrected chi connectivity index (χ0v) is 17.3. The Morgan fingerprint density at radius 3 is 1.05 bits per heavy atom. The zero-order chi connectivity index (χ0) is 15.6. The smallest absolute Gasteiger partial charge is 0.0739 e. The molecule has 3 N–H and O–H groups in total. The predicted molar refractivity (Wildman–Crippen MR) is 96.5 cm³/mol. The van der Waals surface area contributed by atoms with E-state index in [2.05, 4.69) is 19.6 Å². The van der Waals surface area contributed by atoms with E-state index in [1.807, 2.05) is 0 Å². The van der Waals surface area contributed by atoms with Gasteiger partial charge < -0.3 is 22.7 Å². The van der Waals surface area contributed by atoms with Crippen LogP contribution in [0.3, 0.4) is 0 Å². The van der Waals surface area contributed by atoms with Gasteiger partial charge in [0, 0.05) is 0 Å². The summed E-state index contributed by atoms with van der Waals surface area (Å²) < 4.78 is 0. The Labute approximate surface area is 152 Å². The molecule has 0 rings (SSSR count). The van der Waals surface area contributed by atoms with Crippen LogP contribution in [0.15, 0.2) is 0 Å². The predicted octanol–water partition coefficient (Wildman–Crippen LogP) is 3.13. The molecule has 0 aromatic rings. The second-order valence-corrected chi connectivity index (χ2v) is 7.34. The van der Waals surface area contributed by atoms with Gasteiger partial charge in [-0.1, -0.05) is 104 Å². The summed E-state index contributed by atoms with van der Waals surface area (Å²) in [6.45, 7) is 5.79. The minimum atomic E-state index is 0. The summed E-state index contributed by atoms with van der Waals surface area (Å²) in [6.07, 6.45) is 23.2. The van der Waals surface area contributed by atoms with E-state index in [1.165, 1.54) is 103 Å². The highest BCUT2D eigenvalue weighted by molar-refractivity contribution is 4.51. The maximum absolute atomic E-state index is 3.90. The minimum Gasteiger partial charge on any atom is -1.00 e. The van der Waals surface area contributed by atoms with Crippen molar-refractivity contribution in [3.8, 4) is 0 Å². The van der Waals surface area contributed by atoms with Crippen molar-refractivity contribution in [2.24, 2.45) is 5.92 Å². The van der Waals surface area contributed by atoms with Crippen molar-refractivity contribution in [2.45, 2.75) is 117 Å². The van der Waals surface area contributed by atoms with Crippen LogP contribution in [-0.2, 0) is 0 Å². The third-order valence-electron chi connectivity index (χ3n) is 4.53. The summed E-state index contributed by atoms with van der Waals surface area (Å²) in [7, 11) is 0. The van der Waals surface area contributed by atoms with Gasteiger partial charge in [0.25, 0.3) is 0 Å². The van der Waals surface area contributed by atoms with E-state index < -0.39 is 0 Å². The van der Waals surface area contributed by atoms with Crippen LogP contribution in [0.2, 0.25) is 0 Å². The van der Waals surface area contributed by atoms with Crippen molar-refractivity contribution in [3.05, 3.63) is 0 Å². The fraction of sp³-hybridized carbons (Fsp3) is 1.00. The molecule has 22 heavy (non-hydrogen) atoms. The highest BCUT2D eigenvalue weighted by Gasteiger charge is 1.96. The number of hydrogen-bond donors (Lipinski definition) is 1. The van der Waals surface area contributed by atoms with Crippen LogP contribution >= 0.6 is 0 Å². The van der Waals surface area contributed by atoms with E-state index in [0.717, 1.165) is 12.5 Å². The number of rotatable bonds is 17. The van der Waals surface area contributed by atoms with Gasteiger partial charge in [0.15, 0.2) is 0 Å². The first kappa shape index (κ1) is 24.7. The maximum Gasteiger partial charge on any atom is 0.0739 e. The molecule has 0 spiro atoms. The first-order valence-electron chi connectivity index (χ1n) is 10.1. The molecule has 0 aromatic carbocycles. The van der Waals surface area contributed by atoms with Crippen LogP contribution in [0, 0.1) is 5.92 Å². The van der Waals surface area contributed by atoms with Gasteiger partial charge in [-0.15, -0.1) is 0 Å². The SMILES string of the molecule is CC(C)CCCCCCCCCCCCCCCCC[NH3+].[Br-]. The van der Waals surface area contributed by atoms with Gasteiger partial charge in [0.05, 0.1) is 6.54 Å². The Kier molecular flexibility index (Phi) is 24.1. The number of unbranched alkanes of at least 4 members (excludes halogenated alkanes) is 14. The van der Waals surface area contributed by atoms with E-state index in [1.54, 1.807) is 0 Å². The van der Waals surface area contributed by atoms with Crippen LogP contribution < -0.4 is 22.7 Å². The van der Waals surface area contributed by atoms with E-state index in [0.29, 0.717) is 0 Å². The number of quaternary nitrogens is 1. The van der Waals surface area contributed by atoms with Crippen molar-refractivity contribution in [2.75, 3.05) is 6.54 Å². The molecule has 0 bridgehead atoms. The molecule has 0 fully saturated rings. The molecule has 0 aliphatic rings.